The van der Waals surface area contributed by atoms with E-state index in [1.807, 2.05) is 13.8 Å². The van der Waals surface area contributed by atoms with E-state index < -0.39 is 22.4 Å². The molecule has 1 heterocycles. The predicted molar refractivity (Wildman–Crippen MR) is 125 cm³/mol. The molecule has 0 aliphatic heterocycles. The van der Waals surface area contributed by atoms with Gasteiger partial charge in [0.2, 0.25) is 10.0 Å². The molecule has 0 radical (unpaired) electrons. The van der Waals surface area contributed by atoms with Crippen molar-refractivity contribution in [2.45, 2.75) is 43.9 Å². The number of thiazole rings is 1. The van der Waals surface area contributed by atoms with Crippen molar-refractivity contribution in [2.24, 2.45) is 0 Å². The van der Waals surface area contributed by atoms with Crippen molar-refractivity contribution < 1.29 is 36.2 Å². The second-order valence-corrected chi connectivity index (χ2v) is 10.6. The highest BCUT2D eigenvalue weighted by molar-refractivity contribution is 7.89. The smallest absolute Gasteiger partial charge is 0.478 e. The van der Waals surface area contributed by atoms with E-state index >= 15 is 0 Å². The van der Waals surface area contributed by atoms with Crippen LogP contribution in [0.4, 0.5) is 13.2 Å². The van der Waals surface area contributed by atoms with Crippen LogP contribution in [0.1, 0.15) is 47.8 Å². The van der Waals surface area contributed by atoms with Crippen molar-refractivity contribution in [1.82, 2.24) is 9.71 Å². The number of halogens is 3. The summed E-state index contributed by atoms with van der Waals surface area (Å²) in [6, 6.07) is 9.45. The molecule has 2 aromatic carbocycles. The van der Waals surface area contributed by atoms with Crippen LogP contribution in [0.5, 0.6) is 5.75 Å². The van der Waals surface area contributed by atoms with E-state index in [1.165, 1.54) is 47.7 Å². The third-order valence-electron chi connectivity index (χ3n) is 4.98. The van der Waals surface area contributed by atoms with Crippen LogP contribution in [-0.4, -0.2) is 37.4 Å². The number of carboxylic acid groups (broad SMARTS) is 1. The number of nitrogens with zero attached hydrogens (tertiary/aromatic N) is 1. The molecule has 0 saturated heterocycles. The zero-order valence-electron chi connectivity index (χ0n) is 18.8. The highest BCUT2D eigenvalue weighted by Crippen LogP contribution is 2.29. The Labute approximate surface area is 204 Å². The summed E-state index contributed by atoms with van der Waals surface area (Å²) >= 11 is 1.32. The van der Waals surface area contributed by atoms with Crippen LogP contribution in [0, 0.1) is 0 Å². The Morgan fingerprint density at radius 2 is 1.86 bits per heavy atom. The average Bonchev–Trinajstić information content (AvgIpc) is 3.24. The highest BCUT2D eigenvalue weighted by Gasteiger charge is 2.31. The van der Waals surface area contributed by atoms with Crippen LogP contribution < -0.4 is 9.46 Å². The molecular formula is C23H23F3N2O5S2. The second kappa shape index (κ2) is 10.8. The molecule has 0 saturated carbocycles. The normalized spacial score (nSPS) is 12.2. The first-order valence-corrected chi connectivity index (χ1v) is 12.9. The van der Waals surface area contributed by atoms with Gasteiger partial charge in [-0.05, 0) is 60.7 Å². The first-order chi connectivity index (χ1) is 16.4. The first kappa shape index (κ1) is 26.6. The number of ether oxygens (including phenoxy) is 1. The largest absolute Gasteiger partial charge is 0.573 e. The summed E-state index contributed by atoms with van der Waals surface area (Å²) in [5, 5.41) is 11.8. The summed E-state index contributed by atoms with van der Waals surface area (Å²) in [7, 11) is -3.89. The third-order valence-corrected chi connectivity index (χ3v) is 7.37. The molecule has 0 aliphatic rings. The molecule has 0 fully saturated rings. The number of sulfonamides is 1. The molecule has 7 nitrogen and oxygen atoms in total. The zero-order valence-corrected chi connectivity index (χ0v) is 20.4. The Bertz CT molecular complexity index is 1290. The van der Waals surface area contributed by atoms with Crippen LogP contribution in [0.15, 0.2) is 52.7 Å². The number of aryl methyl sites for hydroxylation is 1. The van der Waals surface area contributed by atoms with Gasteiger partial charge in [0.05, 0.1) is 16.2 Å². The molecule has 0 bridgehead atoms. The van der Waals surface area contributed by atoms with Gasteiger partial charge >= 0.3 is 12.3 Å². The van der Waals surface area contributed by atoms with E-state index in [9.17, 15) is 31.5 Å². The van der Waals surface area contributed by atoms with E-state index in [4.69, 9.17) is 0 Å². The minimum atomic E-state index is -4.76. The second-order valence-electron chi connectivity index (χ2n) is 7.93. The van der Waals surface area contributed by atoms with Crippen LogP contribution in [0.3, 0.4) is 0 Å². The first-order valence-electron chi connectivity index (χ1n) is 10.5. The number of hydrogen-bond donors (Lipinski definition) is 2. The average molecular weight is 529 g/mol. The lowest BCUT2D eigenvalue weighted by atomic mass is 9.97. The molecule has 0 aliphatic carbocycles. The lowest BCUT2D eigenvalue weighted by molar-refractivity contribution is -0.274. The molecule has 0 amide bonds. The SMILES string of the molecule is CC(C)c1ccc(S(=O)(=O)NCCCc2csc(-c3ccc(OC(F)(F)F)cc3)n2)cc1C(=O)O. The van der Waals surface area contributed by atoms with Gasteiger partial charge in [0.25, 0.3) is 0 Å². The molecular weight excluding hydrogens is 505 g/mol. The van der Waals surface area contributed by atoms with Gasteiger partial charge in [-0.3, -0.25) is 0 Å². The fourth-order valence-electron chi connectivity index (χ4n) is 3.30. The fraction of sp³-hybridized carbons (Fsp3) is 0.304. The zero-order chi connectivity index (χ0) is 25.8. The number of alkyl halides is 3. The van der Waals surface area contributed by atoms with Crippen LogP contribution >= 0.6 is 11.3 Å². The molecule has 35 heavy (non-hydrogen) atoms. The molecule has 188 valence electrons. The van der Waals surface area contributed by atoms with Crippen molar-refractivity contribution in [3.63, 3.8) is 0 Å². The number of aromatic nitrogens is 1. The van der Waals surface area contributed by atoms with Crippen LogP contribution in [0.2, 0.25) is 0 Å². The van der Waals surface area contributed by atoms with E-state index in [1.54, 1.807) is 5.38 Å². The van der Waals surface area contributed by atoms with Gasteiger partial charge in [-0.15, -0.1) is 24.5 Å². The van der Waals surface area contributed by atoms with Crippen LogP contribution in [0.25, 0.3) is 10.6 Å². The Morgan fingerprint density at radius 3 is 2.46 bits per heavy atom. The number of rotatable bonds is 10. The Balaban J connectivity index is 1.57. The number of benzene rings is 2. The molecule has 0 spiro atoms. The topological polar surface area (TPSA) is 106 Å². The quantitative estimate of drug-likeness (QED) is 0.340. The maximum Gasteiger partial charge on any atom is 0.573 e. The van der Waals surface area contributed by atoms with Gasteiger partial charge in [0, 0.05) is 17.5 Å². The predicted octanol–water partition coefficient (Wildman–Crippen LogP) is 5.44. The maximum atomic E-state index is 12.6. The Morgan fingerprint density at radius 1 is 1.17 bits per heavy atom. The maximum absolute atomic E-state index is 12.6. The molecule has 1 aromatic heterocycles. The Hall–Kier alpha value is -2.96. The van der Waals surface area contributed by atoms with Gasteiger partial charge in [0.1, 0.15) is 10.8 Å². The molecule has 0 unspecified atom stereocenters. The lowest BCUT2D eigenvalue weighted by Crippen LogP contribution is -2.25. The van der Waals surface area contributed by atoms with Crippen molar-refractivity contribution in [1.29, 1.82) is 0 Å². The van der Waals surface area contributed by atoms with Gasteiger partial charge in [-0.1, -0.05) is 19.9 Å². The number of aromatic carboxylic acids is 1. The summed E-state index contributed by atoms with van der Waals surface area (Å²) in [6.07, 6.45) is -3.84. The van der Waals surface area contributed by atoms with E-state index in [2.05, 4.69) is 14.4 Å². The molecule has 12 heteroatoms. The summed E-state index contributed by atoms with van der Waals surface area (Å²) in [4.78, 5) is 15.9. The van der Waals surface area contributed by atoms with Gasteiger partial charge in [-0.2, -0.15) is 0 Å². The lowest BCUT2D eigenvalue weighted by Gasteiger charge is -2.12. The fourth-order valence-corrected chi connectivity index (χ4v) is 5.26. The monoisotopic (exact) mass is 528 g/mol. The molecule has 3 rings (SSSR count). The highest BCUT2D eigenvalue weighted by atomic mass is 32.2. The summed E-state index contributed by atoms with van der Waals surface area (Å²) < 4.78 is 68.4. The summed E-state index contributed by atoms with van der Waals surface area (Å²) in [6.45, 7) is 3.78. The van der Waals surface area contributed by atoms with Gasteiger partial charge < -0.3 is 9.84 Å². The molecule has 3 aromatic rings. The Kier molecular flexibility index (Phi) is 8.18. The minimum Gasteiger partial charge on any atom is -0.478 e. The minimum absolute atomic E-state index is 0.0455. The van der Waals surface area contributed by atoms with E-state index in [0.29, 0.717) is 34.7 Å². The van der Waals surface area contributed by atoms with Crippen molar-refractivity contribution in [2.75, 3.05) is 6.54 Å². The summed E-state index contributed by atoms with van der Waals surface area (Å²) in [5.41, 5.74) is 1.86. The van der Waals surface area contributed by atoms with Crippen LogP contribution in [-0.2, 0) is 16.4 Å². The van der Waals surface area contributed by atoms with Crippen molar-refractivity contribution >= 4 is 27.3 Å². The summed E-state index contributed by atoms with van der Waals surface area (Å²) in [5.74, 6) is -1.58. The number of carboxylic acids is 1. The number of carbonyl (C=O) groups is 1. The third kappa shape index (κ3) is 7.26. The van der Waals surface area contributed by atoms with E-state index in [-0.39, 0.29) is 28.7 Å². The van der Waals surface area contributed by atoms with Gasteiger partial charge in [0.15, 0.2) is 0 Å². The molecule has 0 atom stereocenters. The number of nitrogens with one attached hydrogen (secondary N) is 1. The van der Waals surface area contributed by atoms with Crippen molar-refractivity contribution in [3.8, 4) is 16.3 Å². The van der Waals surface area contributed by atoms with E-state index in [0.717, 1.165) is 6.07 Å². The van der Waals surface area contributed by atoms with Gasteiger partial charge in [-0.25, -0.2) is 22.9 Å². The van der Waals surface area contributed by atoms with Crippen molar-refractivity contribution in [3.05, 3.63) is 64.7 Å². The number of hydrogen-bond acceptors (Lipinski definition) is 6. The molecule has 2 N–H and O–H groups in total. The standard InChI is InChI=1S/C23H23F3N2O5S2/c1-14(2)19-10-9-18(12-20(19)22(29)30)35(31,32)27-11-3-4-16-13-34-21(28-16)15-5-7-17(8-6-15)33-23(24,25)26/h5-10,12-14,27H,3-4,11H2,1-2H3,(H,29,30).